The third-order valence-corrected chi connectivity index (χ3v) is 5.27. The van der Waals surface area contributed by atoms with Crippen LogP contribution >= 0.6 is 0 Å². The van der Waals surface area contributed by atoms with Crippen molar-refractivity contribution < 1.29 is 13.4 Å². The highest BCUT2D eigenvalue weighted by Gasteiger charge is 2.23. The lowest BCUT2D eigenvalue weighted by molar-refractivity contribution is 0.349. The largest absolute Gasteiger partial charge is 0.339 e. The minimum atomic E-state index is -0.440. The van der Waals surface area contributed by atoms with E-state index in [1.165, 1.54) is 29.5 Å². The number of hydrogen-bond acceptors (Lipinski definition) is 7. The zero-order valence-electron chi connectivity index (χ0n) is 16.0. The average Bonchev–Trinajstić information content (AvgIpc) is 3.51. The fourth-order valence-corrected chi connectivity index (χ4v) is 3.70. The number of halogens is 1. The van der Waals surface area contributed by atoms with Crippen molar-refractivity contribution >= 4 is 0 Å². The Morgan fingerprint density at radius 3 is 2.70 bits per heavy atom. The molecule has 3 heterocycles. The summed E-state index contributed by atoms with van der Waals surface area (Å²) in [5.74, 6) is 1.27. The maximum atomic E-state index is 14.0. The molecule has 0 saturated heterocycles. The smallest absolute Gasteiger partial charge is 0.259 e. The predicted molar refractivity (Wildman–Crippen MR) is 104 cm³/mol. The van der Waals surface area contributed by atoms with E-state index in [1.54, 1.807) is 30.5 Å². The molecular formula is C21H18FN5O3. The second-order valence-electron chi connectivity index (χ2n) is 7.32. The Balaban J connectivity index is 1.40. The molecular weight excluding hydrogens is 389 g/mol. The van der Waals surface area contributed by atoms with E-state index in [9.17, 15) is 9.18 Å². The van der Waals surface area contributed by atoms with Gasteiger partial charge in [0.2, 0.25) is 11.7 Å². The number of rotatable bonds is 5. The molecule has 1 aromatic carbocycles. The SMILES string of the molecule is O=c1ccc(-c2nc(-c3ccccc3F)no2)cn1Cc1noc(C2CCCC2)n1. The Hall–Kier alpha value is -3.62. The highest BCUT2D eigenvalue weighted by molar-refractivity contribution is 5.59. The molecule has 3 aromatic heterocycles. The van der Waals surface area contributed by atoms with Crippen LogP contribution < -0.4 is 5.56 Å². The Morgan fingerprint density at radius 1 is 1.03 bits per heavy atom. The molecule has 0 radical (unpaired) electrons. The summed E-state index contributed by atoms with van der Waals surface area (Å²) in [5.41, 5.74) is 0.552. The van der Waals surface area contributed by atoms with Gasteiger partial charge in [-0.05, 0) is 31.0 Å². The molecule has 30 heavy (non-hydrogen) atoms. The first-order valence-corrected chi connectivity index (χ1v) is 9.79. The summed E-state index contributed by atoms with van der Waals surface area (Å²) in [6, 6.07) is 9.17. The van der Waals surface area contributed by atoms with Crippen molar-refractivity contribution in [3.05, 3.63) is 70.5 Å². The Labute approximate surface area is 170 Å². The molecule has 1 fully saturated rings. The van der Waals surface area contributed by atoms with Crippen LogP contribution in [0.3, 0.4) is 0 Å². The normalized spacial score (nSPS) is 14.4. The van der Waals surface area contributed by atoms with E-state index in [0.717, 1.165) is 12.8 Å². The molecule has 1 aliphatic rings. The van der Waals surface area contributed by atoms with Gasteiger partial charge >= 0.3 is 0 Å². The first kappa shape index (κ1) is 18.4. The van der Waals surface area contributed by atoms with Gasteiger partial charge in [-0.1, -0.05) is 35.3 Å². The van der Waals surface area contributed by atoms with E-state index < -0.39 is 5.82 Å². The summed E-state index contributed by atoms with van der Waals surface area (Å²) in [7, 11) is 0. The van der Waals surface area contributed by atoms with Crippen molar-refractivity contribution in [3.8, 4) is 22.8 Å². The maximum absolute atomic E-state index is 14.0. The summed E-state index contributed by atoms with van der Waals surface area (Å²) in [4.78, 5) is 21.0. The molecule has 1 saturated carbocycles. The first-order chi connectivity index (χ1) is 14.7. The zero-order valence-corrected chi connectivity index (χ0v) is 16.0. The molecule has 5 rings (SSSR count). The number of nitrogens with zero attached hydrogens (tertiary/aromatic N) is 5. The number of hydrogen-bond donors (Lipinski definition) is 0. The third-order valence-electron chi connectivity index (χ3n) is 5.27. The molecule has 0 spiro atoms. The van der Waals surface area contributed by atoms with E-state index in [4.69, 9.17) is 9.05 Å². The predicted octanol–water partition coefficient (Wildman–Crippen LogP) is 3.79. The van der Waals surface area contributed by atoms with Gasteiger partial charge in [0.05, 0.1) is 17.7 Å². The van der Waals surface area contributed by atoms with Crippen molar-refractivity contribution in [1.29, 1.82) is 0 Å². The van der Waals surface area contributed by atoms with Crippen LogP contribution in [0.25, 0.3) is 22.8 Å². The Morgan fingerprint density at radius 2 is 1.87 bits per heavy atom. The van der Waals surface area contributed by atoms with Gasteiger partial charge in [-0.2, -0.15) is 9.97 Å². The topological polar surface area (TPSA) is 99.8 Å². The lowest BCUT2D eigenvalue weighted by Gasteiger charge is -2.03. The summed E-state index contributed by atoms with van der Waals surface area (Å²) >= 11 is 0. The van der Waals surface area contributed by atoms with Crippen LogP contribution in [0.2, 0.25) is 0 Å². The lowest BCUT2D eigenvalue weighted by atomic mass is 10.1. The van der Waals surface area contributed by atoms with Crippen LogP contribution in [-0.2, 0) is 6.54 Å². The number of pyridine rings is 1. The Bertz CT molecular complexity index is 1240. The second-order valence-corrected chi connectivity index (χ2v) is 7.32. The third kappa shape index (κ3) is 3.54. The summed E-state index contributed by atoms with van der Waals surface area (Å²) in [6.45, 7) is 0.164. The lowest BCUT2D eigenvalue weighted by Crippen LogP contribution is -2.19. The molecule has 4 aromatic rings. The van der Waals surface area contributed by atoms with Crippen molar-refractivity contribution in [2.75, 3.05) is 0 Å². The second kappa shape index (κ2) is 7.66. The van der Waals surface area contributed by atoms with Crippen LogP contribution in [0.4, 0.5) is 4.39 Å². The van der Waals surface area contributed by atoms with E-state index in [2.05, 4.69) is 20.3 Å². The molecule has 0 atom stereocenters. The van der Waals surface area contributed by atoms with Crippen LogP contribution in [0, 0.1) is 5.82 Å². The van der Waals surface area contributed by atoms with Crippen molar-refractivity contribution in [2.45, 2.75) is 38.1 Å². The van der Waals surface area contributed by atoms with Crippen molar-refractivity contribution in [1.82, 2.24) is 24.8 Å². The van der Waals surface area contributed by atoms with E-state index in [-0.39, 0.29) is 29.4 Å². The average molecular weight is 407 g/mol. The van der Waals surface area contributed by atoms with E-state index >= 15 is 0 Å². The van der Waals surface area contributed by atoms with Gasteiger partial charge in [0.25, 0.3) is 11.4 Å². The van der Waals surface area contributed by atoms with Crippen LogP contribution in [0.5, 0.6) is 0 Å². The van der Waals surface area contributed by atoms with Gasteiger partial charge in [-0.15, -0.1) is 0 Å². The van der Waals surface area contributed by atoms with Gasteiger partial charge in [0, 0.05) is 18.2 Å². The minimum absolute atomic E-state index is 0.139. The standard InChI is InChI=1S/C21H18FN5O3/c22-16-8-4-3-7-15(16)19-24-21(30-26-19)14-9-10-18(28)27(11-14)12-17-23-20(29-25-17)13-5-1-2-6-13/h3-4,7-11,13H,1-2,5-6,12H2. The van der Waals surface area contributed by atoms with Crippen LogP contribution in [0.15, 0.2) is 56.4 Å². The van der Waals surface area contributed by atoms with Gasteiger partial charge in [-0.25, -0.2) is 4.39 Å². The van der Waals surface area contributed by atoms with Gasteiger partial charge in [0.1, 0.15) is 5.82 Å². The fraction of sp³-hybridized carbons (Fsp3) is 0.286. The highest BCUT2D eigenvalue weighted by atomic mass is 19.1. The molecule has 0 amide bonds. The molecule has 0 N–H and O–H groups in total. The quantitative estimate of drug-likeness (QED) is 0.496. The molecule has 9 heteroatoms. The minimum Gasteiger partial charge on any atom is -0.339 e. The highest BCUT2D eigenvalue weighted by Crippen LogP contribution is 2.33. The molecule has 1 aliphatic carbocycles. The van der Waals surface area contributed by atoms with Crippen molar-refractivity contribution in [2.24, 2.45) is 0 Å². The summed E-state index contributed by atoms with van der Waals surface area (Å²) in [5, 5.41) is 7.87. The first-order valence-electron chi connectivity index (χ1n) is 9.79. The number of aromatic nitrogens is 5. The maximum Gasteiger partial charge on any atom is 0.259 e. The van der Waals surface area contributed by atoms with Gasteiger partial charge in [-0.3, -0.25) is 4.79 Å². The molecule has 8 nitrogen and oxygen atoms in total. The van der Waals surface area contributed by atoms with Crippen LogP contribution in [0.1, 0.15) is 43.3 Å². The van der Waals surface area contributed by atoms with E-state index in [1.807, 2.05) is 0 Å². The van der Waals surface area contributed by atoms with E-state index in [0.29, 0.717) is 23.2 Å². The zero-order chi connectivity index (χ0) is 20.5. The van der Waals surface area contributed by atoms with Gasteiger partial charge in [0.15, 0.2) is 5.82 Å². The van der Waals surface area contributed by atoms with Crippen molar-refractivity contribution in [3.63, 3.8) is 0 Å². The van der Waals surface area contributed by atoms with Gasteiger partial charge < -0.3 is 13.6 Å². The monoisotopic (exact) mass is 407 g/mol. The molecule has 0 aliphatic heterocycles. The van der Waals surface area contributed by atoms with Crippen LogP contribution in [-0.4, -0.2) is 24.8 Å². The number of benzene rings is 1. The summed E-state index contributed by atoms with van der Waals surface area (Å²) in [6.07, 6.45) is 6.04. The molecule has 152 valence electrons. The molecule has 0 unspecified atom stereocenters. The fourth-order valence-electron chi connectivity index (χ4n) is 3.70. The molecule has 0 bridgehead atoms. The summed E-state index contributed by atoms with van der Waals surface area (Å²) < 4.78 is 26.1. The Kier molecular flexibility index (Phi) is 4.70.